The molecule has 0 heterocycles. The van der Waals surface area contributed by atoms with E-state index in [9.17, 15) is 39.9 Å². The lowest BCUT2D eigenvalue weighted by Crippen LogP contribution is -2.48. The summed E-state index contributed by atoms with van der Waals surface area (Å²) in [6.45, 7) is 10.9. The van der Waals surface area contributed by atoms with Crippen LogP contribution in [0.3, 0.4) is 0 Å². The second-order valence-electron chi connectivity index (χ2n) is 9.05. The van der Waals surface area contributed by atoms with Crippen LogP contribution in [0.4, 0.5) is 0 Å². The number of carbonyl (C=O) groups excluding carboxylic acids is 3. The Bertz CT molecular complexity index is 841. The van der Waals surface area contributed by atoms with Gasteiger partial charge in [-0.15, -0.1) is 0 Å². The van der Waals surface area contributed by atoms with Crippen molar-refractivity contribution in [2.24, 2.45) is 0 Å². The standard InChI is InChI=1S/C26H42O14/c1-15(2)24(32)38-11-18(28)8-35-14-21(31)23(37-10-20(30)13-40-26(34)17(5)6)22(7-27)36-9-19(29)12-39-25(33)16(3)4/h18-23,27-31H,1,3,5,7-14H2,2,4,6H3. The average Bonchev–Trinajstić information content (AvgIpc) is 2.89. The molecule has 0 amide bonds. The van der Waals surface area contributed by atoms with Gasteiger partial charge >= 0.3 is 17.9 Å². The highest BCUT2D eigenvalue weighted by Gasteiger charge is 2.32. The van der Waals surface area contributed by atoms with Gasteiger partial charge in [0.05, 0.1) is 33.0 Å². The van der Waals surface area contributed by atoms with E-state index in [4.69, 9.17) is 28.4 Å². The van der Waals surface area contributed by atoms with E-state index in [2.05, 4.69) is 19.7 Å². The predicted molar refractivity (Wildman–Crippen MR) is 139 cm³/mol. The molecular weight excluding hydrogens is 536 g/mol. The van der Waals surface area contributed by atoms with Crippen LogP contribution in [0, 0.1) is 0 Å². The summed E-state index contributed by atoms with van der Waals surface area (Å²) in [5, 5.41) is 50.6. The number of aliphatic hydroxyl groups excluding tert-OH is 5. The smallest absolute Gasteiger partial charge is 0.333 e. The van der Waals surface area contributed by atoms with Crippen molar-refractivity contribution in [1.82, 2.24) is 0 Å². The quantitative estimate of drug-likeness (QED) is 0.0567. The van der Waals surface area contributed by atoms with Gasteiger partial charge in [-0.1, -0.05) is 19.7 Å². The highest BCUT2D eigenvalue weighted by molar-refractivity contribution is 5.87. The lowest BCUT2D eigenvalue weighted by atomic mass is 10.1. The van der Waals surface area contributed by atoms with Crippen molar-refractivity contribution >= 4 is 17.9 Å². The van der Waals surface area contributed by atoms with Crippen LogP contribution in [0.25, 0.3) is 0 Å². The number of hydrogen-bond acceptors (Lipinski definition) is 14. The van der Waals surface area contributed by atoms with Crippen molar-refractivity contribution in [3.8, 4) is 0 Å². The second kappa shape index (κ2) is 20.2. The van der Waals surface area contributed by atoms with Crippen molar-refractivity contribution in [1.29, 1.82) is 0 Å². The maximum absolute atomic E-state index is 11.5. The Morgan fingerprint density at radius 2 is 0.975 bits per heavy atom. The molecule has 0 aromatic rings. The molecule has 0 rings (SSSR count). The van der Waals surface area contributed by atoms with Gasteiger partial charge in [-0.05, 0) is 20.8 Å². The van der Waals surface area contributed by atoms with Gasteiger partial charge in [-0.2, -0.15) is 0 Å². The molecule has 6 atom stereocenters. The fourth-order valence-electron chi connectivity index (χ4n) is 2.62. The lowest BCUT2D eigenvalue weighted by Gasteiger charge is -2.31. The maximum atomic E-state index is 11.5. The van der Waals surface area contributed by atoms with Crippen molar-refractivity contribution in [3.63, 3.8) is 0 Å². The van der Waals surface area contributed by atoms with E-state index >= 15 is 0 Å². The molecule has 5 N–H and O–H groups in total. The minimum absolute atomic E-state index is 0.122. The fraction of sp³-hybridized carbons (Fsp3) is 0.654. The molecule has 0 spiro atoms. The van der Waals surface area contributed by atoms with Gasteiger partial charge in [0.1, 0.15) is 56.4 Å². The lowest BCUT2D eigenvalue weighted by molar-refractivity contribution is -0.174. The summed E-state index contributed by atoms with van der Waals surface area (Å²) in [7, 11) is 0. The first-order valence-corrected chi connectivity index (χ1v) is 12.3. The Labute approximate surface area is 233 Å². The average molecular weight is 579 g/mol. The molecule has 0 saturated carbocycles. The zero-order valence-electron chi connectivity index (χ0n) is 23.2. The van der Waals surface area contributed by atoms with Gasteiger partial charge in [-0.3, -0.25) is 0 Å². The molecular formula is C26H42O14. The Kier molecular flexibility index (Phi) is 18.9. The highest BCUT2D eigenvalue weighted by Crippen LogP contribution is 2.13. The van der Waals surface area contributed by atoms with Crippen molar-refractivity contribution in [2.75, 3.05) is 52.9 Å². The third-order valence-electron chi connectivity index (χ3n) is 4.77. The fourth-order valence-corrected chi connectivity index (χ4v) is 2.62. The van der Waals surface area contributed by atoms with Crippen molar-refractivity contribution in [2.45, 2.75) is 57.4 Å². The topological polar surface area (TPSA) is 208 Å². The van der Waals surface area contributed by atoms with Crippen LogP contribution in [-0.2, 0) is 42.8 Å². The zero-order valence-corrected chi connectivity index (χ0v) is 23.2. The second-order valence-corrected chi connectivity index (χ2v) is 9.05. The minimum Gasteiger partial charge on any atom is -0.460 e. The molecule has 0 aliphatic heterocycles. The summed E-state index contributed by atoms with van der Waals surface area (Å²) >= 11 is 0. The van der Waals surface area contributed by atoms with E-state index in [-0.39, 0.29) is 29.9 Å². The first-order chi connectivity index (χ1) is 18.7. The third kappa shape index (κ3) is 16.4. The molecule has 14 heteroatoms. The Morgan fingerprint density at radius 1 is 0.600 bits per heavy atom. The molecule has 230 valence electrons. The summed E-state index contributed by atoms with van der Waals surface area (Å²) < 4.78 is 30.7. The van der Waals surface area contributed by atoms with E-state index in [0.29, 0.717) is 0 Å². The third-order valence-corrected chi connectivity index (χ3v) is 4.77. The van der Waals surface area contributed by atoms with E-state index < -0.39 is 94.2 Å². The summed E-state index contributed by atoms with van der Waals surface area (Å²) in [5.41, 5.74) is 0.398. The maximum Gasteiger partial charge on any atom is 0.333 e. The first kappa shape index (κ1) is 37.3. The molecule has 0 aromatic carbocycles. The van der Waals surface area contributed by atoms with Crippen LogP contribution in [0.2, 0.25) is 0 Å². The normalized spacial score (nSPS) is 15.6. The van der Waals surface area contributed by atoms with Crippen LogP contribution >= 0.6 is 0 Å². The van der Waals surface area contributed by atoms with Crippen LogP contribution in [-0.4, -0.2) is 133 Å². The molecule has 0 aliphatic carbocycles. The number of esters is 3. The van der Waals surface area contributed by atoms with E-state index in [1.807, 2.05) is 0 Å². The largest absolute Gasteiger partial charge is 0.460 e. The van der Waals surface area contributed by atoms with Crippen LogP contribution in [0.15, 0.2) is 36.5 Å². The van der Waals surface area contributed by atoms with E-state index in [0.717, 1.165) is 0 Å². The van der Waals surface area contributed by atoms with Crippen LogP contribution in [0.5, 0.6) is 0 Å². The molecule has 6 unspecified atom stereocenters. The number of carbonyl (C=O) groups is 3. The van der Waals surface area contributed by atoms with Gasteiger partial charge in [0.15, 0.2) is 0 Å². The summed E-state index contributed by atoms with van der Waals surface area (Å²) in [4.78, 5) is 34.4. The van der Waals surface area contributed by atoms with E-state index in [1.54, 1.807) is 0 Å². The van der Waals surface area contributed by atoms with Gasteiger partial charge < -0.3 is 54.0 Å². The van der Waals surface area contributed by atoms with Crippen molar-refractivity contribution in [3.05, 3.63) is 36.5 Å². The van der Waals surface area contributed by atoms with Gasteiger partial charge in [0, 0.05) is 16.7 Å². The van der Waals surface area contributed by atoms with Crippen molar-refractivity contribution < 1.29 is 68.3 Å². The molecule has 0 aromatic heterocycles. The van der Waals surface area contributed by atoms with Gasteiger partial charge in [0.2, 0.25) is 0 Å². The minimum atomic E-state index is -1.49. The molecule has 14 nitrogen and oxygen atoms in total. The molecule has 0 fully saturated rings. The molecule has 0 aliphatic rings. The number of hydrogen-bond donors (Lipinski definition) is 5. The number of aliphatic hydroxyl groups is 5. The number of rotatable bonds is 22. The zero-order chi connectivity index (χ0) is 30.8. The first-order valence-electron chi connectivity index (χ1n) is 12.3. The molecule has 0 saturated heterocycles. The van der Waals surface area contributed by atoms with Crippen LogP contribution in [0.1, 0.15) is 20.8 Å². The Balaban J connectivity index is 5.13. The van der Waals surface area contributed by atoms with Crippen LogP contribution < -0.4 is 0 Å². The Hall–Kier alpha value is -2.69. The number of ether oxygens (including phenoxy) is 6. The summed E-state index contributed by atoms with van der Waals surface area (Å²) in [6, 6.07) is 0. The highest BCUT2D eigenvalue weighted by atomic mass is 16.6. The predicted octanol–water partition coefficient (Wildman–Crippen LogP) is -1.43. The SMILES string of the molecule is C=C(C)C(=O)OCC(O)COCC(O)C(OCC(O)COC(=O)C(=C)C)C(CO)OCC(O)COC(=O)C(=C)C. The molecule has 40 heavy (non-hydrogen) atoms. The van der Waals surface area contributed by atoms with Gasteiger partial charge in [-0.25, -0.2) is 14.4 Å². The van der Waals surface area contributed by atoms with E-state index in [1.165, 1.54) is 20.8 Å². The van der Waals surface area contributed by atoms with Gasteiger partial charge in [0.25, 0.3) is 0 Å². The molecule has 0 radical (unpaired) electrons. The summed E-state index contributed by atoms with van der Waals surface area (Å²) in [6.07, 6.45) is -7.95. The monoisotopic (exact) mass is 578 g/mol. The molecule has 0 bridgehead atoms. The summed E-state index contributed by atoms with van der Waals surface area (Å²) in [5.74, 6) is -2.14. The Morgan fingerprint density at radius 3 is 1.35 bits per heavy atom.